The van der Waals surface area contributed by atoms with Crippen LogP contribution in [0.2, 0.25) is 0 Å². The second-order valence-corrected chi connectivity index (χ2v) is 4.03. The third-order valence-corrected chi connectivity index (χ3v) is 2.61. The van der Waals surface area contributed by atoms with E-state index in [0.29, 0.717) is 12.2 Å². The summed E-state index contributed by atoms with van der Waals surface area (Å²) in [6.45, 7) is 1.80. The minimum atomic E-state index is -0.241. The van der Waals surface area contributed by atoms with Gasteiger partial charge >= 0.3 is 0 Å². The number of hydrogen-bond acceptors (Lipinski definition) is 3. The zero-order valence-electron chi connectivity index (χ0n) is 9.80. The molecule has 0 aliphatic heterocycles. The molecule has 0 aliphatic rings. The lowest BCUT2D eigenvalue weighted by atomic mass is 9.89. The van der Waals surface area contributed by atoms with Crippen molar-refractivity contribution in [2.24, 2.45) is 5.92 Å². The summed E-state index contributed by atoms with van der Waals surface area (Å²) in [6, 6.07) is 5.74. The fourth-order valence-electron chi connectivity index (χ4n) is 1.49. The molecule has 0 aliphatic carbocycles. The van der Waals surface area contributed by atoms with Crippen LogP contribution in [0.1, 0.15) is 25.0 Å². The number of rotatable bonds is 4. The van der Waals surface area contributed by atoms with Crippen molar-refractivity contribution in [1.82, 2.24) is 4.90 Å². The smallest absolute Gasteiger partial charge is 0.222 e. The van der Waals surface area contributed by atoms with Crippen molar-refractivity contribution < 1.29 is 9.21 Å². The Balaban J connectivity index is 2.82. The Morgan fingerprint density at radius 1 is 1.62 bits per heavy atom. The predicted molar refractivity (Wildman–Crippen MR) is 59.5 cm³/mol. The van der Waals surface area contributed by atoms with Gasteiger partial charge in [-0.05, 0) is 19.1 Å². The number of furan rings is 1. The first-order valence-corrected chi connectivity index (χ1v) is 5.19. The van der Waals surface area contributed by atoms with E-state index in [1.165, 1.54) is 4.90 Å². The van der Waals surface area contributed by atoms with Crippen molar-refractivity contribution in [3.8, 4) is 6.07 Å². The summed E-state index contributed by atoms with van der Waals surface area (Å²) < 4.78 is 5.28. The highest BCUT2D eigenvalue weighted by atomic mass is 16.3. The summed E-state index contributed by atoms with van der Waals surface area (Å²) in [5.41, 5.74) is 0. The predicted octanol–water partition coefficient (Wildman–Crippen LogP) is 2.00. The lowest BCUT2D eigenvalue weighted by Gasteiger charge is -2.18. The summed E-state index contributed by atoms with van der Waals surface area (Å²) in [4.78, 5) is 13.2. The van der Waals surface area contributed by atoms with Crippen molar-refractivity contribution in [3.05, 3.63) is 24.2 Å². The van der Waals surface area contributed by atoms with Crippen molar-refractivity contribution in [1.29, 1.82) is 5.26 Å². The molecule has 0 unspecified atom stereocenters. The molecule has 1 aromatic heterocycles. The van der Waals surface area contributed by atoms with E-state index in [1.807, 2.05) is 0 Å². The summed E-state index contributed by atoms with van der Waals surface area (Å²) in [5, 5.41) is 8.94. The molecule has 1 aromatic rings. The second kappa shape index (κ2) is 5.36. The molecule has 0 radical (unpaired) electrons. The third-order valence-electron chi connectivity index (χ3n) is 2.61. The van der Waals surface area contributed by atoms with E-state index in [1.54, 1.807) is 39.4 Å². The Morgan fingerprint density at radius 2 is 2.31 bits per heavy atom. The van der Waals surface area contributed by atoms with Crippen LogP contribution in [0.4, 0.5) is 0 Å². The monoisotopic (exact) mass is 220 g/mol. The summed E-state index contributed by atoms with van der Waals surface area (Å²) in [6.07, 6.45) is 1.86. The molecular formula is C12H16N2O2. The normalized spacial score (nSPS) is 13.9. The van der Waals surface area contributed by atoms with Crippen LogP contribution in [0.25, 0.3) is 0 Å². The van der Waals surface area contributed by atoms with Gasteiger partial charge in [-0.2, -0.15) is 5.26 Å². The first kappa shape index (κ1) is 12.3. The maximum absolute atomic E-state index is 11.6. The van der Waals surface area contributed by atoms with Crippen molar-refractivity contribution in [2.75, 3.05) is 14.1 Å². The highest BCUT2D eigenvalue weighted by Crippen LogP contribution is 2.28. The van der Waals surface area contributed by atoms with Gasteiger partial charge in [-0.3, -0.25) is 4.79 Å². The zero-order chi connectivity index (χ0) is 12.1. The first-order valence-electron chi connectivity index (χ1n) is 5.19. The number of carbonyl (C=O) groups excluding carboxylic acids is 1. The minimum Gasteiger partial charge on any atom is -0.469 e. The van der Waals surface area contributed by atoms with Crippen LogP contribution < -0.4 is 0 Å². The van der Waals surface area contributed by atoms with Crippen molar-refractivity contribution in [3.63, 3.8) is 0 Å². The third kappa shape index (κ3) is 2.86. The maximum atomic E-state index is 11.6. The van der Waals surface area contributed by atoms with Crippen LogP contribution in [0.15, 0.2) is 22.8 Å². The zero-order valence-corrected chi connectivity index (χ0v) is 9.80. The van der Waals surface area contributed by atoms with E-state index in [-0.39, 0.29) is 17.7 Å². The van der Waals surface area contributed by atoms with Crippen LogP contribution >= 0.6 is 0 Å². The van der Waals surface area contributed by atoms with Gasteiger partial charge in [0.25, 0.3) is 0 Å². The number of nitrogens with zero attached hydrogens (tertiary/aromatic N) is 2. The molecular weight excluding hydrogens is 204 g/mol. The second-order valence-electron chi connectivity index (χ2n) is 4.03. The van der Waals surface area contributed by atoms with Gasteiger partial charge in [-0.25, -0.2) is 0 Å². The average Bonchev–Trinajstić information content (AvgIpc) is 2.77. The largest absolute Gasteiger partial charge is 0.469 e. The highest BCUT2D eigenvalue weighted by Gasteiger charge is 2.25. The van der Waals surface area contributed by atoms with Crippen molar-refractivity contribution >= 4 is 5.91 Å². The van der Waals surface area contributed by atoms with Crippen LogP contribution in [0.3, 0.4) is 0 Å². The molecule has 0 N–H and O–H groups in total. The Bertz CT molecular complexity index is 376. The van der Waals surface area contributed by atoms with Gasteiger partial charge in [-0.15, -0.1) is 0 Å². The Morgan fingerprint density at radius 3 is 2.75 bits per heavy atom. The van der Waals surface area contributed by atoms with Gasteiger partial charge in [0.1, 0.15) is 5.76 Å². The number of nitriles is 1. The van der Waals surface area contributed by atoms with Gasteiger partial charge in [0.05, 0.1) is 18.3 Å². The Labute approximate surface area is 95.5 Å². The molecule has 16 heavy (non-hydrogen) atoms. The fraction of sp³-hybridized carbons (Fsp3) is 0.500. The average molecular weight is 220 g/mol. The molecule has 86 valence electrons. The van der Waals surface area contributed by atoms with E-state index in [9.17, 15) is 4.79 Å². The number of hydrogen-bond donors (Lipinski definition) is 0. The molecule has 1 heterocycles. The van der Waals surface area contributed by atoms with E-state index >= 15 is 0 Å². The van der Waals surface area contributed by atoms with E-state index in [2.05, 4.69) is 6.07 Å². The van der Waals surface area contributed by atoms with Gasteiger partial charge in [0.2, 0.25) is 5.91 Å². The van der Waals surface area contributed by atoms with Crippen LogP contribution in [0.5, 0.6) is 0 Å². The van der Waals surface area contributed by atoms with Gasteiger partial charge in [0.15, 0.2) is 0 Å². The molecule has 0 fully saturated rings. The Hall–Kier alpha value is -1.76. The molecule has 1 rings (SSSR count). The quantitative estimate of drug-likeness (QED) is 0.779. The maximum Gasteiger partial charge on any atom is 0.222 e. The van der Waals surface area contributed by atoms with Gasteiger partial charge in [0, 0.05) is 26.4 Å². The molecule has 4 heteroatoms. The van der Waals surface area contributed by atoms with Crippen LogP contribution in [-0.4, -0.2) is 24.9 Å². The molecule has 0 saturated carbocycles. The van der Waals surface area contributed by atoms with E-state index in [0.717, 1.165) is 0 Å². The highest BCUT2D eigenvalue weighted by molar-refractivity contribution is 5.76. The lowest BCUT2D eigenvalue weighted by molar-refractivity contribution is -0.129. The summed E-state index contributed by atoms with van der Waals surface area (Å²) in [7, 11) is 3.41. The summed E-state index contributed by atoms with van der Waals surface area (Å²) >= 11 is 0. The number of carbonyl (C=O) groups is 1. The van der Waals surface area contributed by atoms with Crippen LogP contribution in [0, 0.1) is 17.2 Å². The van der Waals surface area contributed by atoms with E-state index in [4.69, 9.17) is 9.68 Å². The van der Waals surface area contributed by atoms with Crippen molar-refractivity contribution in [2.45, 2.75) is 19.3 Å². The van der Waals surface area contributed by atoms with Gasteiger partial charge < -0.3 is 9.32 Å². The molecule has 0 spiro atoms. The molecule has 4 nitrogen and oxygen atoms in total. The first-order chi connectivity index (χ1) is 7.56. The molecule has 0 saturated heterocycles. The van der Waals surface area contributed by atoms with Gasteiger partial charge in [-0.1, -0.05) is 0 Å². The minimum absolute atomic E-state index is 0.00324. The fourth-order valence-corrected chi connectivity index (χ4v) is 1.49. The molecule has 0 bridgehead atoms. The molecule has 1 amide bonds. The summed E-state index contributed by atoms with van der Waals surface area (Å²) in [5.74, 6) is 0.290. The molecule has 2 atom stereocenters. The topological polar surface area (TPSA) is 57.2 Å². The Kier molecular flexibility index (Phi) is 4.12. The van der Waals surface area contributed by atoms with Crippen LogP contribution in [-0.2, 0) is 4.79 Å². The lowest BCUT2D eigenvalue weighted by Crippen LogP contribution is -2.25. The standard InChI is InChI=1S/C12H16N2O2/c1-9(8-13)10(7-12(15)14(2)3)11-5-4-6-16-11/h4-6,9-10H,7H2,1-3H3/t9-,10+/m1/s1. The SMILES string of the molecule is C[C@H](C#N)[C@H](CC(=O)N(C)C)c1ccco1. The molecule has 0 aromatic carbocycles. The number of amides is 1. The van der Waals surface area contributed by atoms with E-state index < -0.39 is 0 Å².